The third-order valence-electron chi connectivity index (χ3n) is 7.00. The van der Waals surface area contributed by atoms with Gasteiger partial charge in [-0.05, 0) is 52.9 Å². The highest BCUT2D eigenvalue weighted by Gasteiger charge is 2.17. The van der Waals surface area contributed by atoms with Gasteiger partial charge in [0.15, 0.2) is 17.3 Å². The standard InChI is InChI=1S/C32H32FNO5/c1-36-31-9-7-22(17-32(31)37-2)11-14-39-30-10-8-23(27-5-3-4-6-28(27)30)20-29(35)24-18-25(33)21-26(19-24)34-12-15-38-16-13-34/h3-10,17-19,21H,11-16,20H2,1-2H3. The maximum Gasteiger partial charge on any atom is 0.167 e. The Balaban J connectivity index is 1.31. The van der Waals surface area contributed by atoms with E-state index in [1.54, 1.807) is 20.3 Å². The molecule has 202 valence electrons. The summed E-state index contributed by atoms with van der Waals surface area (Å²) in [6.07, 6.45) is 0.860. The van der Waals surface area contributed by atoms with Crippen molar-refractivity contribution in [2.45, 2.75) is 12.8 Å². The predicted molar refractivity (Wildman–Crippen MR) is 150 cm³/mol. The van der Waals surface area contributed by atoms with Gasteiger partial charge in [-0.25, -0.2) is 4.39 Å². The average Bonchev–Trinajstić information content (AvgIpc) is 2.98. The van der Waals surface area contributed by atoms with E-state index < -0.39 is 5.82 Å². The number of morpholine rings is 1. The van der Waals surface area contributed by atoms with Crippen molar-refractivity contribution in [1.29, 1.82) is 0 Å². The molecule has 0 atom stereocenters. The van der Waals surface area contributed by atoms with Crippen LogP contribution in [0, 0.1) is 5.82 Å². The summed E-state index contributed by atoms with van der Waals surface area (Å²) in [7, 11) is 3.23. The highest BCUT2D eigenvalue weighted by atomic mass is 19.1. The number of hydrogen-bond acceptors (Lipinski definition) is 6. The largest absolute Gasteiger partial charge is 0.493 e. The van der Waals surface area contributed by atoms with Gasteiger partial charge in [0, 0.05) is 42.6 Å². The van der Waals surface area contributed by atoms with Crippen LogP contribution in [0.4, 0.5) is 10.1 Å². The molecule has 1 fully saturated rings. The number of benzene rings is 4. The molecule has 0 radical (unpaired) electrons. The lowest BCUT2D eigenvalue weighted by Gasteiger charge is -2.29. The molecule has 0 unspecified atom stereocenters. The first kappa shape index (κ1) is 26.5. The van der Waals surface area contributed by atoms with Crippen LogP contribution in [0.1, 0.15) is 21.5 Å². The molecule has 5 rings (SSSR count). The van der Waals surface area contributed by atoms with Crippen LogP contribution in [-0.4, -0.2) is 52.9 Å². The summed E-state index contributed by atoms with van der Waals surface area (Å²) >= 11 is 0. The van der Waals surface area contributed by atoms with Crippen LogP contribution < -0.4 is 19.1 Å². The molecule has 0 bridgehead atoms. The van der Waals surface area contributed by atoms with Gasteiger partial charge >= 0.3 is 0 Å². The Hall–Kier alpha value is -4.10. The Morgan fingerprint density at radius 2 is 1.62 bits per heavy atom. The molecule has 0 aromatic heterocycles. The summed E-state index contributed by atoms with van der Waals surface area (Å²) in [5.74, 6) is 1.59. The Labute approximate surface area is 227 Å². The van der Waals surface area contributed by atoms with Gasteiger partial charge in [0.05, 0.1) is 34.0 Å². The molecule has 4 aromatic rings. The fourth-order valence-electron chi connectivity index (χ4n) is 4.94. The lowest BCUT2D eigenvalue weighted by molar-refractivity contribution is 0.0993. The predicted octanol–water partition coefficient (Wildman–Crippen LogP) is 5.88. The molecule has 1 aliphatic rings. The van der Waals surface area contributed by atoms with Crippen LogP contribution in [0.5, 0.6) is 17.2 Å². The summed E-state index contributed by atoms with van der Waals surface area (Å²) in [6.45, 7) is 3.01. The number of carbonyl (C=O) groups excluding carboxylic acids is 1. The second-order valence-corrected chi connectivity index (χ2v) is 9.45. The average molecular weight is 530 g/mol. The number of ketones is 1. The smallest absolute Gasteiger partial charge is 0.167 e. The summed E-state index contributed by atoms with van der Waals surface area (Å²) in [4.78, 5) is 15.3. The van der Waals surface area contributed by atoms with E-state index in [2.05, 4.69) is 0 Å². The van der Waals surface area contributed by atoms with E-state index in [0.29, 0.717) is 62.1 Å². The Morgan fingerprint density at radius 3 is 2.38 bits per heavy atom. The first-order chi connectivity index (χ1) is 19.1. The number of halogens is 1. The monoisotopic (exact) mass is 529 g/mol. The van der Waals surface area contributed by atoms with Crippen LogP contribution in [0.2, 0.25) is 0 Å². The summed E-state index contributed by atoms with van der Waals surface area (Å²) in [5.41, 5.74) is 3.03. The van der Waals surface area contributed by atoms with Gasteiger partial charge in [-0.3, -0.25) is 4.79 Å². The van der Waals surface area contributed by atoms with Gasteiger partial charge in [-0.15, -0.1) is 0 Å². The molecule has 7 heteroatoms. The van der Waals surface area contributed by atoms with Gasteiger partial charge < -0.3 is 23.8 Å². The van der Waals surface area contributed by atoms with Crippen molar-refractivity contribution < 1.29 is 28.1 Å². The molecule has 0 aliphatic carbocycles. The summed E-state index contributed by atoms with van der Waals surface area (Å²) in [6, 6.07) is 22.1. The van der Waals surface area contributed by atoms with Crippen LogP contribution >= 0.6 is 0 Å². The number of ether oxygens (including phenoxy) is 4. The van der Waals surface area contributed by atoms with Crippen LogP contribution in [0.25, 0.3) is 10.8 Å². The molecule has 39 heavy (non-hydrogen) atoms. The minimum Gasteiger partial charge on any atom is -0.493 e. The van der Waals surface area contributed by atoms with Crippen LogP contribution in [0.3, 0.4) is 0 Å². The molecule has 1 saturated heterocycles. The second-order valence-electron chi connectivity index (χ2n) is 9.45. The van der Waals surface area contributed by atoms with Gasteiger partial charge in [0.25, 0.3) is 0 Å². The Bertz CT molecular complexity index is 1460. The molecule has 0 saturated carbocycles. The number of methoxy groups -OCH3 is 2. The van der Waals surface area contributed by atoms with Gasteiger partial charge in [-0.2, -0.15) is 0 Å². The third-order valence-corrected chi connectivity index (χ3v) is 7.00. The third kappa shape index (κ3) is 6.15. The first-order valence-corrected chi connectivity index (χ1v) is 13.1. The highest BCUT2D eigenvalue weighted by molar-refractivity contribution is 6.01. The van der Waals surface area contributed by atoms with Gasteiger partial charge in [0.2, 0.25) is 0 Å². The maximum absolute atomic E-state index is 14.5. The number of fused-ring (bicyclic) bond motifs is 1. The zero-order valence-corrected chi connectivity index (χ0v) is 22.2. The number of anilines is 1. The minimum absolute atomic E-state index is 0.128. The van der Waals surface area contributed by atoms with Crippen molar-refractivity contribution >= 4 is 22.2 Å². The van der Waals surface area contributed by atoms with E-state index in [0.717, 1.165) is 27.6 Å². The van der Waals surface area contributed by atoms with E-state index in [1.165, 1.54) is 12.1 Å². The van der Waals surface area contributed by atoms with Gasteiger partial charge in [-0.1, -0.05) is 36.4 Å². The fraction of sp³-hybridized carbons (Fsp3) is 0.281. The summed E-state index contributed by atoms with van der Waals surface area (Å²) < 4.78 is 36.8. The number of carbonyl (C=O) groups is 1. The van der Waals surface area contributed by atoms with Gasteiger partial charge in [0.1, 0.15) is 11.6 Å². The molecule has 0 amide bonds. The van der Waals surface area contributed by atoms with E-state index in [4.69, 9.17) is 18.9 Å². The molecule has 0 N–H and O–H groups in total. The lowest BCUT2D eigenvalue weighted by Crippen LogP contribution is -2.36. The van der Waals surface area contributed by atoms with Crippen molar-refractivity contribution in [2.75, 3.05) is 52.0 Å². The second kappa shape index (κ2) is 12.2. The maximum atomic E-state index is 14.5. The van der Waals surface area contributed by atoms with Crippen LogP contribution in [0.15, 0.2) is 72.8 Å². The molecule has 6 nitrogen and oxygen atoms in total. The molecular weight excluding hydrogens is 497 g/mol. The minimum atomic E-state index is -0.412. The van der Waals surface area contributed by atoms with E-state index in [1.807, 2.05) is 59.5 Å². The van der Waals surface area contributed by atoms with E-state index >= 15 is 0 Å². The zero-order chi connectivity index (χ0) is 27.2. The van der Waals surface area contributed by atoms with Crippen molar-refractivity contribution in [1.82, 2.24) is 0 Å². The number of rotatable bonds is 10. The van der Waals surface area contributed by atoms with Crippen molar-refractivity contribution in [3.8, 4) is 17.2 Å². The number of nitrogens with zero attached hydrogens (tertiary/aromatic N) is 1. The Morgan fingerprint density at radius 1 is 0.872 bits per heavy atom. The van der Waals surface area contributed by atoms with E-state index in [9.17, 15) is 9.18 Å². The quantitative estimate of drug-likeness (QED) is 0.239. The topological polar surface area (TPSA) is 57.2 Å². The van der Waals surface area contributed by atoms with Crippen molar-refractivity contribution in [3.63, 3.8) is 0 Å². The van der Waals surface area contributed by atoms with Crippen LogP contribution in [-0.2, 0) is 17.6 Å². The highest BCUT2D eigenvalue weighted by Crippen LogP contribution is 2.31. The number of Topliss-reactive ketones (excluding diaryl/α,β-unsaturated/α-hetero) is 1. The summed E-state index contributed by atoms with van der Waals surface area (Å²) in [5, 5.41) is 1.88. The van der Waals surface area contributed by atoms with Crippen molar-refractivity contribution in [3.05, 3.63) is 95.3 Å². The normalized spacial score (nSPS) is 13.4. The van der Waals surface area contributed by atoms with Crippen molar-refractivity contribution in [2.24, 2.45) is 0 Å². The lowest BCUT2D eigenvalue weighted by atomic mass is 9.96. The SMILES string of the molecule is COc1ccc(CCOc2ccc(CC(=O)c3cc(F)cc(N4CCOCC4)c3)c3ccccc23)cc1OC. The van der Waals surface area contributed by atoms with E-state index in [-0.39, 0.29) is 12.2 Å². The molecular formula is C32H32FNO5. The Kier molecular flexibility index (Phi) is 8.27. The molecule has 4 aromatic carbocycles. The molecule has 1 heterocycles. The molecule has 1 aliphatic heterocycles. The fourth-order valence-corrected chi connectivity index (χ4v) is 4.94. The zero-order valence-electron chi connectivity index (χ0n) is 22.2. The molecule has 0 spiro atoms. The first-order valence-electron chi connectivity index (χ1n) is 13.1. The number of hydrogen-bond donors (Lipinski definition) is 0.